The lowest BCUT2D eigenvalue weighted by Crippen LogP contribution is -2.33. The highest BCUT2D eigenvalue weighted by molar-refractivity contribution is 6.32. The van der Waals surface area contributed by atoms with E-state index in [1.807, 2.05) is 0 Å². The van der Waals surface area contributed by atoms with Gasteiger partial charge in [0.05, 0.1) is 18.8 Å². The largest absolute Gasteiger partial charge is 0.471 e. The molecule has 2 rings (SSSR count). The molecule has 0 spiro atoms. The first-order valence-electron chi connectivity index (χ1n) is 6.10. The number of amides is 1. The fourth-order valence-corrected chi connectivity index (χ4v) is 1.89. The van der Waals surface area contributed by atoms with Gasteiger partial charge in [0.25, 0.3) is 5.91 Å². The molecule has 1 aromatic rings. The number of nitrogens with one attached hydrogen (secondary N) is 1. The first kappa shape index (κ1) is 15.8. The van der Waals surface area contributed by atoms with Crippen LogP contribution in [-0.2, 0) is 4.74 Å². The minimum absolute atomic E-state index is 0.0570. The molecule has 1 aliphatic heterocycles. The number of hydrogen-bond acceptors (Lipinski definition) is 4. The van der Waals surface area contributed by atoms with Crippen LogP contribution in [-0.4, -0.2) is 42.9 Å². The van der Waals surface area contributed by atoms with E-state index in [2.05, 4.69) is 4.98 Å². The minimum Gasteiger partial charge on any atom is -0.471 e. The second-order valence-electron chi connectivity index (χ2n) is 4.41. The smallest absolute Gasteiger partial charge is 0.405 e. The molecule has 0 aliphatic carbocycles. The second kappa shape index (κ2) is 6.48. The highest BCUT2D eigenvalue weighted by Crippen LogP contribution is 2.25. The number of ether oxygens (including phenoxy) is 2. The summed E-state index contributed by atoms with van der Waals surface area (Å²) in [6.45, 7) is -0.410. The van der Waals surface area contributed by atoms with Crippen molar-refractivity contribution in [3.05, 3.63) is 22.8 Å². The van der Waals surface area contributed by atoms with Crippen molar-refractivity contribution in [3.8, 4) is 5.88 Å². The molecule has 116 valence electrons. The molecule has 1 unspecified atom stereocenters. The van der Waals surface area contributed by atoms with Crippen LogP contribution in [0.25, 0.3) is 0 Å². The molecule has 1 fully saturated rings. The molecule has 5 nitrogen and oxygen atoms in total. The van der Waals surface area contributed by atoms with E-state index >= 15 is 0 Å². The molecular formula is C12H12ClF3N2O3. The van der Waals surface area contributed by atoms with Crippen LogP contribution >= 0.6 is 11.6 Å². The van der Waals surface area contributed by atoms with Gasteiger partial charge in [-0.1, -0.05) is 11.6 Å². The SMILES string of the molecule is O=C(NCC(F)(F)F)c1cnc(OC2CCOC2)c(Cl)c1. The lowest BCUT2D eigenvalue weighted by molar-refractivity contribution is -0.123. The van der Waals surface area contributed by atoms with Crippen LogP contribution in [0.3, 0.4) is 0 Å². The Labute approximate surface area is 123 Å². The molecule has 1 amide bonds. The highest BCUT2D eigenvalue weighted by Gasteiger charge is 2.28. The van der Waals surface area contributed by atoms with E-state index in [-0.39, 0.29) is 22.6 Å². The molecule has 0 radical (unpaired) electrons. The molecule has 0 saturated carbocycles. The van der Waals surface area contributed by atoms with E-state index in [1.54, 1.807) is 5.32 Å². The number of nitrogens with zero attached hydrogens (tertiary/aromatic N) is 1. The summed E-state index contributed by atoms with van der Waals surface area (Å²) in [5.74, 6) is -0.781. The topological polar surface area (TPSA) is 60.5 Å². The van der Waals surface area contributed by atoms with Gasteiger partial charge in [-0.25, -0.2) is 4.98 Å². The van der Waals surface area contributed by atoms with Gasteiger partial charge < -0.3 is 14.8 Å². The maximum Gasteiger partial charge on any atom is 0.405 e. The molecule has 1 saturated heterocycles. The van der Waals surface area contributed by atoms with Crippen molar-refractivity contribution in [1.82, 2.24) is 10.3 Å². The lowest BCUT2D eigenvalue weighted by Gasteiger charge is -2.13. The Balaban J connectivity index is 1.99. The van der Waals surface area contributed by atoms with Gasteiger partial charge in [0, 0.05) is 12.6 Å². The maximum atomic E-state index is 12.0. The Hall–Kier alpha value is -1.54. The number of carbonyl (C=O) groups is 1. The summed E-state index contributed by atoms with van der Waals surface area (Å²) in [5, 5.41) is 1.79. The van der Waals surface area contributed by atoms with Gasteiger partial charge in [0.2, 0.25) is 5.88 Å². The fourth-order valence-electron chi connectivity index (χ4n) is 1.68. The van der Waals surface area contributed by atoms with E-state index in [4.69, 9.17) is 21.1 Å². The van der Waals surface area contributed by atoms with E-state index < -0.39 is 18.6 Å². The molecule has 1 N–H and O–H groups in total. The Kier molecular flexibility index (Phi) is 4.89. The average Bonchev–Trinajstić information content (AvgIpc) is 2.90. The predicted molar refractivity (Wildman–Crippen MR) is 67.5 cm³/mol. The zero-order valence-corrected chi connectivity index (χ0v) is 11.5. The number of alkyl halides is 3. The van der Waals surface area contributed by atoms with Crippen LogP contribution in [0, 0.1) is 0 Å². The van der Waals surface area contributed by atoms with Gasteiger partial charge >= 0.3 is 6.18 Å². The third-order valence-corrected chi connectivity index (χ3v) is 2.96. The molecule has 1 atom stereocenters. The number of hydrogen-bond donors (Lipinski definition) is 1. The number of halogens is 4. The summed E-state index contributed by atoms with van der Waals surface area (Å²) in [4.78, 5) is 15.4. The Morgan fingerprint density at radius 1 is 1.57 bits per heavy atom. The van der Waals surface area contributed by atoms with Crippen molar-refractivity contribution in [1.29, 1.82) is 0 Å². The molecule has 21 heavy (non-hydrogen) atoms. The zero-order valence-electron chi connectivity index (χ0n) is 10.7. The summed E-state index contributed by atoms with van der Waals surface area (Å²) < 4.78 is 46.6. The van der Waals surface area contributed by atoms with Crippen LogP contribution in [0.4, 0.5) is 13.2 Å². The number of carbonyl (C=O) groups excluding carboxylic acids is 1. The quantitative estimate of drug-likeness (QED) is 0.922. The van der Waals surface area contributed by atoms with Gasteiger partial charge in [0.1, 0.15) is 17.7 Å². The molecule has 2 heterocycles. The van der Waals surface area contributed by atoms with Crippen LogP contribution in [0.1, 0.15) is 16.8 Å². The van der Waals surface area contributed by atoms with E-state index in [0.29, 0.717) is 19.6 Å². The summed E-state index contributed by atoms with van der Waals surface area (Å²) >= 11 is 5.91. The van der Waals surface area contributed by atoms with E-state index in [9.17, 15) is 18.0 Å². The van der Waals surface area contributed by atoms with E-state index in [1.165, 1.54) is 6.07 Å². The zero-order chi connectivity index (χ0) is 15.5. The fraction of sp³-hybridized carbons (Fsp3) is 0.500. The number of aromatic nitrogens is 1. The van der Waals surface area contributed by atoms with Gasteiger partial charge in [-0.15, -0.1) is 0 Å². The molecular weight excluding hydrogens is 313 g/mol. The van der Waals surface area contributed by atoms with Gasteiger partial charge in [-0.2, -0.15) is 13.2 Å². The van der Waals surface area contributed by atoms with Crippen molar-refractivity contribution in [2.75, 3.05) is 19.8 Å². The first-order valence-corrected chi connectivity index (χ1v) is 6.48. The Morgan fingerprint density at radius 2 is 2.33 bits per heavy atom. The van der Waals surface area contributed by atoms with Crippen molar-refractivity contribution >= 4 is 17.5 Å². The highest BCUT2D eigenvalue weighted by atomic mass is 35.5. The van der Waals surface area contributed by atoms with Crippen LogP contribution in [0.5, 0.6) is 5.88 Å². The Bertz CT molecular complexity index is 519. The van der Waals surface area contributed by atoms with Gasteiger partial charge in [-0.3, -0.25) is 4.79 Å². The number of rotatable bonds is 4. The van der Waals surface area contributed by atoms with Gasteiger partial charge in [0.15, 0.2) is 0 Å². The summed E-state index contributed by atoms with van der Waals surface area (Å²) in [6.07, 6.45) is -2.83. The van der Waals surface area contributed by atoms with Crippen molar-refractivity contribution < 1.29 is 27.4 Å². The van der Waals surface area contributed by atoms with Crippen LogP contribution < -0.4 is 10.1 Å². The third kappa shape index (κ3) is 4.75. The Morgan fingerprint density at radius 3 is 2.90 bits per heavy atom. The molecule has 0 aromatic carbocycles. The molecule has 1 aromatic heterocycles. The normalized spacial score (nSPS) is 18.6. The van der Waals surface area contributed by atoms with Crippen LogP contribution in [0.15, 0.2) is 12.3 Å². The van der Waals surface area contributed by atoms with Crippen molar-refractivity contribution in [3.63, 3.8) is 0 Å². The molecule has 9 heteroatoms. The standard InChI is InChI=1S/C12H12ClF3N2O3/c13-9-3-7(10(19)18-6-12(14,15)16)4-17-11(9)21-8-1-2-20-5-8/h3-4,8H,1-2,5-6H2,(H,18,19). The summed E-state index contributed by atoms with van der Waals surface area (Å²) in [6, 6.07) is 1.21. The number of pyridine rings is 1. The van der Waals surface area contributed by atoms with Gasteiger partial charge in [-0.05, 0) is 6.07 Å². The van der Waals surface area contributed by atoms with Crippen molar-refractivity contribution in [2.24, 2.45) is 0 Å². The maximum absolute atomic E-state index is 12.0. The molecule has 1 aliphatic rings. The predicted octanol–water partition coefficient (Wildman–Crippen LogP) is 2.19. The summed E-state index contributed by atoms with van der Waals surface area (Å²) in [7, 11) is 0. The lowest BCUT2D eigenvalue weighted by atomic mass is 10.2. The van der Waals surface area contributed by atoms with Crippen LogP contribution in [0.2, 0.25) is 5.02 Å². The molecule has 0 bridgehead atoms. The second-order valence-corrected chi connectivity index (χ2v) is 4.82. The van der Waals surface area contributed by atoms with Crippen molar-refractivity contribution in [2.45, 2.75) is 18.7 Å². The minimum atomic E-state index is -4.47. The average molecular weight is 325 g/mol. The monoisotopic (exact) mass is 324 g/mol. The third-order valence-electron chi connectivity index (χ3n) is 2.69. The summed E-state index contributed by atoms with van der Waals surface area (Å²) in [5.41, 5.74) is -0.0701. The van der Waals surface area contributed by atoms with E-state index in [0.717, 1.165) is 6.20 Å². The first-order chi connectivity index (χ1) is 9.85.